The Hall–Kier alpha value is -2.35. The van der Waals surface area contributed by atoms with Crippen LogP contribution >= 0.6 is 0 Å². The molecule has 0 N–H and O–H groups in total. The molecular formula is C24H31NO. The molecule has 26 heavy (non-hydrogen) atoms. The lowest BCUT2D eigenvalue weighted by atomic mass is 9.99. The van der Waals surface area contributed by atoms with E-state index in [1.807, 2.05) is 6.07 Å². The van der Waals surface area contributed by atoms with E-state index in [0.717, 1.165) is 12.7 Å². The number of aromatic nitrogens is 1. The molecule has 1 aromatic heterocycles. The van der Waals surface area contributed by atoms with E-state index >= 15 is 0 Å². The molecule has 1 aliphatic carbocycles. The standard InChI is InChI=1S/C14H17N.C8H10.C2H4O/c1-15-10-9-13-12-6-4-2-3-5-11(12)7-8-14(13)15;1-2-8-6-4-3-5-7-8;1-2-3/h7-10H,2-6H2,1H3;3-7H,2H2,1H3;2H,1H3. The molecule has 2 heteroatoms. The number of carbonyl (C=O) groups excluding carboxylic acids is 1. The Labute approximate surface area is 157 Å². The van der Waals surface area contributed by atoms with Gasteiger partial charge in [0.15, 0.2) is 0 Å². The fourth-order valence-electron chi connectivity index (χ4n) is 3.49. The maximum absolute atomic E-state index is 8.81. The van der Waals surface area contributed by atoms with Gasteiger partial charge in [-0.25, -0.2) is 0 Å². The van der Waals surface area contributed by atoms with Crippen molar-refractivity contribution in [2.24, 2.45) is 7.05 Å². The van der Waals surface area contributed by atoms with Gasteiger partial charge in [0.05, 0.1) is 0 Å². The zero-order valence-electron chi connectivity index (χ0n) is 16.4. The number of nitrogens with zero attached hydrogens (tertiary/aromatic N) is 1. The minimum absolute atomic E-state index is 0.750. The van der Waals surface area contributed by atoms with Gasteiger partial charge < -0.3 is 9.36 Å². The van der Waals surface area contributed by atoms with Crippen molar-refractivity contribution in [3.05, 3.63) is 71.4 Å². The molecule has 0 atom stereocenters. The van der Waals surface area contributed by atoms with Crippen molar-refractivity contribution in [3.63, 3.8) is 0 Å². The van der Waals surface area contributed by atoms with Gasteiger partial charge in [-0.3, -0.25) is 0 Å². The van der Waals surface area contributed by atoms with Crippen LogP contribution in [-0.2, 0) is 31.1 Å². The van der Waals surface area contributed by atoms with Crippen LogP contribution in [0, 0.1) is 0 Å². The Kier molecular flexibility index (Phi) is 8.14. The molecule has 3 aromatic rings. The number of benzene rings is 2. The molecule has 2 nitrogen and oxygen atoms in total. The molecule has 1 aliphatic rings. The number of fused-ring (bicyclic) bond motifs is 3. The second kappa shape index (κ2) is 10.6. The third-order valence-corrected chi connectivity index (χ3v) is 4.90. The number of hydrogen-bond acceptors (Lipinski definition) is 1. The van der Waals surface area contributed by atoms with E-state index in [4.69, 9.17) is 4.79 Å². The highest BCUT2D eigenvalue weighted by atomic mass is 16.1. The van der Waals surface area contributed by atoms with E-state index in [2.05, 4.69) is 67.2 Å². The van der Waals surface area contributed by atoms with Crippen molar-refractivity contribution >= 4 is 17.2 Å². The summed E-state index contributed by atoms with van der Waals surface area (Å²) in [4.78, 5) is 8.81. The molecule has 0 amide bonds. The van der Waals surface area contributed by atoms with Crippen molar-refractivity contribution in [2.75, 3.05) is 0 Å². The van der Waals surface area contributed by atoms with E-state index in [-0.39, 0.29) is 0 Å². The maximum atomic E-state index is 8.81. The summed E-state index contributed by atoms with van der Waals surface area (Å²) in [6, 6.07) is 17.3. The number of aryl methyl sites for hydroxylation is 4. The normalized spacial score (nSPS) is 12.7. The maximum Gasteiger partial charge on any atom is 0.116 e. The van der Waals surface area contributed by atoms with Crippen molar-refractivity contribution in [1.29, 1.82) is 0 Å². The molecule has 0 radical (unpaired) electrons. The minimum Gasteiger partial charge on any atom is -0.351 e. The molecule has 0 saturated carbocycles. The first-order valence-corrected chi connectivity index (χ1v) is 9.70. The van der Waals surface area contributed by atoms with Gasteiger partial charge in [-0.05, 0) is 67.9 Å². The first-order valence-electron chi connectivity index (χ1n) is 9.70. The van der Waals surface area contributed by atoms with Gasteiger partial charge in [-0.15, -0.1) is 0 Å². The second-order valence-electron chi connectivity index (χ2n) is 6.70. The van der Waals surface area contributed by atoms with Crippen LogP contribution in [0.3, 0.4) is 0 Å². The molecular weight excluding hydrogens is 318 g/mol. The zero-order valence-corrected chi connectivity index (χ0v) is 16.4. The Balaban J connectivity index is 0.000000187. The summed E-state index contributed by atoms with van der Waals surface area (Å²) in [5, 5.41) is 1.48. The van der Waals surface area contributed by atoms with Crippen LogP contribution in [0.2, 0.25) is 0 Å². The van der Waals surface area contributed by atoms with E-state index in [0.29, 0.717) is 0 Å². The first-order chi connectivity index (χ1) is 12.7. The van der Waals surface area contributed by atoms with Crippen molar-refractivity contribution in [1.82, 2.24) is 4.57 Å². The largest absolute Gasteiger partial charge is 0.351 e. The first kappa shape index (κ1) is 20.0. The lowest BCUT2D eigenvalue weighted by Crippen LogP contribution is -1.92. The lowest BCUT2D eigenvalue weighted by molar-refractivity contribution is -0.106. The quantitative estimate of drug-likeness (QED) is 0.396. The number of hydrogen-bond donors (Lipinski definition) is 0. The van der Waals surface area contributed by atoms with E-state index in [9.17, 15) is 0 Å². The predicted octanol–water partition coefficient (Wildman–Crippen LogP) is 5.90. The molecule has 4 rings (SSSR count). The van der Waals surface area contributed by atoms with Crippen molar-refractivity contribution in [3.8, 4) is 0 Å². The Morgan fingerprint density at radius 1 is 0.962 bits per heavy atom. The Bertz CT molecular complexity index is 802. The summed E-state index contributed by atoms with van der Waals surface area (Å²) < 4.78 is 2.22. The van der Waals surface area contributed by atoms with Crippen LogP contribution in [0.1, 0.15) is 49.8 Å². The molecule has 1 heterocycles. The van der Waals surface area contributed by atoms with E-state index in [1.165, 1.54) is 55.5 Å². The van der Waals surface area contributed by atoms with Gasteiger partial charge in [0.25, 0.3) is 0 Å². The SMILES string of the molecule is CC=O.CCc1ccccc1.Cn1ccc2c3c(ccc21)CCCCC3. The molecule has 138 valence electrons. The van der Waals surface area contributed by atoms with Crippen LogP contribution in [0.25, 0.3) is 10.9 Å². The third kappa shape index (κ3) is 5.32. The number of carbonyl (C=O) groups is 1. The second-order valence-corrected chi connectivity index (χ2v) is 6.70. The Morgan fingerprint density at radius 3 is 2.31 bits per heavy atom. The molecule has 0 fully saturated rings. The highest BCUT2D eigenvalue weighted by Crippen LogP contribution is 2.28. The van der Waals surface area contributed by atoms with Gasteiger partial charge >= 0.3 is 0 Å². The summed E-state index contributed by atoms with van der Waals surface area (Å²) in [6.07, 6.45) is 10.7. The number of aldehydes is 1. The van der Waals surface area contributed by atoms with Crippen molar-refractivity contribution in [2.45, 2.75) is 52.4 Å². The van der Waals surface area contributed by atoms with Crippen LogP contribution < -0.4 is 0 Å². The summed E-state index contributed by atoms with van der Waals surface area (Å²) in [7, 11) is 2.13. The summed E-state index contributed by atoms with van der Waals surface area (Å²) in [5.74, 6) is 0. The van der Waals surface area contributed by atoms with E-state index < -0.39 is 0 Å². The van der Waals surface area contributed by atoms with Crippen LogP contribution in [-0.4, -0.2) is 10.9 Å². The lowest BCUT2D eigenvalue weighted by Gasteiger charge is -2.07. The summed E-state index contributed by atoms with van der Waals surface area (Å²) in [6.45, 7) is 3.61. The topological polar surface area (TPSA) is 22.0 Å². The summed E-state index contributed by atoms with van der Waals surface area (Å²) >= 11 is 0. The van der Waals surface area contributed by atoms with Gasteiger partial charge in [0.1, 0.15) is 6.29 Å². The Morgan fingerprint density at radius 2 is 1.65 bits per heavy atom. The number of rotatable bonds is 1. The third-order valence-electron chi connectivity index (χ3n) is 4.90. The molecule has 0 saturated heterocycles. The monoisotopic (exact) mass is 349 g/mol. The molecule has 0 aliphatic heterocycles. The predicted molar refractivity (Wildman–Crippen MR) is 112 cm³/mol. The average Bonchev–Trinajstić information content (AvgIpc) is 2.90. The van der Waals surface area contributed by atoms with E-state index in [1.54, 1.807) is 11.1 Å². The van der Waals surface area contributed by atoms with Gasteiger partial charge in [0, 0.05) is 24.1 Å². The summed E-state index contributed by atoms with van der Waals surface area (Å²) in [5.41, 5.74) is 6.00. The molecule has 2 aromatic carbocycles. The van der Waals surface area contributed by atoms with Crippen LogP contribution in [0.15, 0.2) is 54.7 Å². The molecule has 0 bridgehead atoms. The fourth-order valence-corrected chi connectivity index (χ4v) is 3.49. The van der Waals surface area contributed by atoms with Crippen molar-refractivity contribution < 1.29 is 4.79 Å². The van der Waals surface area contributed by atoms with Gasteiger partial charge in [0.2, 0.25) is 0 Å². The zero-order chi connectivity index (χ0) is 18.8. The minimum atomic E-state index is 0.750. The van der Waals surface area contributed by atoms with Crippen LogP contribution in [0.5, 0.6) is 0 Å². The highest BCUT2D eigenvalue weighted by molar-refractivity contribution is 5.85. The molecule has 0 spiro atoms. The smallest absolute Gasteiger partial charge is 0.116 e. The van der Waals surface area contributed by atoms with Gasteiger partial charge in [-0.2, -0.15) is 0 Å². The highest BCUT2D eigenvalue weighted by Gasteiger charge is 2.12. The van der Waals surface area contributed by atoms with Crippen LogP contribution in [0.4, 0.5) is 0 Å². The molecule has 0 unspecified atom stereocenters. The van der Waals surface area contributed by atoms with Gasteiger partial charge in [-0.1, -0.05) is 49.7 Å². The fraction of sp³-hybridized carbons (Fsp3) is 0.375. The average molecular weight is 350 g/mol.